The molecule has 0 unspecified atom stereocenters. The number of ketones is 1. The Morgan fingerprint density at radius 1 is 0.938 bits per heavy atom. The maximum absolute atomic E-state index is 12.5. The van der Waals surface area contributed by atoms with E-state index in [0.717, 1.165) is 19.6 Å². The molecule has 2 aromatic rings. The molecule has 1 aliphatic heterocycles. The number of non-ortho nitro benzene ring substituents is 1. The summed E-state index contributed by atoms with van der Waals surface area (Å²) in [5.74, 6) is 0.520. The average molecular weight is 438 g/mol. The number of piperazine rings is 1. The maximum Gasteiger partial charge on any atom is 0.269 e. The second kappa shape index (κ2) is 11.0. The molecule has 1 amide bonds. The van der Waals surface area contributed by atoms with Gasteiger partial charge in [-0.2, -0.15) is 0 Å². The van der Waals surface area contributed by atoms with E-state index in [1.54, 1.807) is 0 Å². The topological polar surface area (TPSA) is 83.8 Å². The molecular weight excluding hydrogens is 406 g/mol. The van der Waals surface area contributed by atoms with E-state index in [1.165, 1.54) is 35.4 Å². The Labute approximate surface area is 189 Å². The molecule has 0 atom stereocenters. The third-order valence-electron chi connectivity index (χ3n) is 5.97. The first kappa shape index (κ1) is 23.6. The first-order chi connectivity index (χ1) is 15.3. The fourth-order valence-corrected chi connectivity index (χ4v) is 3.89. The van der Waals surface area contributed by atoms with Crippen molar-refractivity contribution >= 4 is 17.4 Å². The van der Waals surface area contributed by atoms with E-state index in [1.807, 2.05) is 4.90 Å². The van der Waals surface area contributed by atoms with Gasteiger partial charge in [0.15, 0.2) is 5.78 Å². The van der Waals surface area contributed by atoms with Crippen LogP contribution in [0.1, 0.15) is 60.5 Å². The minimum absolute atomic E-state index is 0.0385. The molecule has 1 fully saturated rings. The molecule has 1 heterocycles. The predicted molar refractivity (Wildman–Crippen MR) is 124 cm³/mol. The Kier molecular flexibility index (Phi) is 8.11. The van der Waals surface area contributed by atoms with E-state index in [9.17, 15) is 19.7 Å². The summed E-state index contributed by atoms with van der Waals surface area (Å²) >= 11 is 0. The second-order valence-electron chi connectivity index (χ2n) is 8.63. The van der Waals surface area contributed by atoms with Gasteiger partial charge in [-0.25, -0.2) is 0 Å². The Bertz CT molecular complexity index is 931. The highest BCUT2D eigenvalue weighted by molar-refractivity contribution is 5.96. The smallest absolute Gasteiger partial charge is 0.269 e. The molecule has 2 aromatic carbocycles. The minimum Gasteiger partial charge on any atom is -0.340 e. The van der Waals surface area contributed by atoms with Crippen molar-refractivity contribution < 1.29 is 14.5 Å². The molecule has 7 nitrogen and oxygen atoms in total. The summed E-state index contributed by atoms with van der Waals surface area (Å²) in [5, 5.41) is 10.7. The van der Waals surface area contributed by atoms with Crippen LogP contribution < -0.4 is 0 Å². The number of carbonyl (C=O) groups is 2. The lowest BCUT2D eigenvalue weighted by atomic mass is 10.0. The van der Waals surface area contributed by atoms with Crippen molar-refractivity contribution in [3.8, 4) is 0 Å². The molecule has 0 N–H and O–H groups in total. The lowest BCUT2D eigenvalue weighted by Crippen LogP contribution is -2.48. The van der Waals surface area contributed by atoms with Crippen molar-refractivity contribution in [2.45, 2.75) is 45.6 Å². The highest BCUT2D eigenvalue weighted by Gasteiger charge is 2.21. The number of nitrogens with zero attached hydrogens (tertiary/aromatic N) is 3. The van der Waals surface area contributed by atoms with Crippen LogP contribution in [0.2, 0.25) is 0 Å². The lowest BCUT2D eigenvalue weighted by molar-refractivity contribution is -0.384. The van der Waals surface area contributed by atoms with Crippen LogP contribution in [0.5, 0.6) is 0 Å². The van der Waals surface area contributed by atoms with Crippen LogP contribution in [0.25, 0.3) is 0 Å². The minimum atomic E-state index is -0.491. The number of Topliss-reactive ketones (excluding diaryl/α,β-unsaturated/α-hetero) is 1. The van der Waals surface area contributed by atoms with Gasteiger partial charge < -0.3 is 4.90 Å². The van der Waals surface area contributed by atoms with Gasteiger partial charge >= 0.3 is 0 Å². The number of carbonyl (C=O) groups excluding carboxylic acids is 2. The van der Waals surface area contributed by atoms with Crippen LogP contribution in [-0.2, 0) is 11.3 Å². The number of nitro benzene ring substituents is 1. The van der Waals surface area contributed by atoms with Gasteiger partial charge in [0.25, 0.3) is 5.69 Å². The lowest BCUT2D eigenvalue weighted by Gasteiger charge is -2.35. The van der Waals surface area contributed by atoms with Crippen molar-refractivity contribution in [2.75, 3.05) is 26.2 Å². The first-order valence-electron chi connectivity index (χ1n) is 11.2. The van der Waals surface area contributed by atoms with E-state index in [2.05, 4.69) is 43.0 Å². The molecule has 7 heteroatoms. The molecule has 1 saturated heterocycles. The van der Waals surface area contributed by atoms with Crippen LogP contribution in [0.3, 0.4) is 0 Å². The van der Waals surface area contributed by atoms with Crippen LogP contribution in [-0.4, -0.2) is 52.6 Å². The van der Waals surface area contributed by atoms with Crippen molar-refractivity contribution in [1.82, 2.24) is 9.80 Å². The summed E-state index contributed by atoms with van der Waals surface area (Å²) in [4.78, 5) is 39.2. The summed E-state index contributed by atoms with van der Waals surface area (Å²) in [6.45, 7) is 8.38. The number of hydrogen-bond acceptors (Lipinski definition) is 5. The third-order valence-corrected chi connectivity index (χ3v) is 5.97. The Morgan fingerprint density at radius 3 is 2.12 bits per heavy atom. The number of amides is 1. The Balaban J connectivity index is 1.37. The number of hydrogen-bond donors (Lipinski definition) is 0. The monoisotopic (exact) mass is 437 g/mol. The second-order valence-corrected chi connectivity index (χ2v) is 8.63. The fourth-order valence-electron chi connectivity index (χ4n) is 3.89. The molecule has 0 bridgehead atoms. The van der Waals surface area contributed by atoms with Gasteiger partial charge in [-0.15, -0.1) is 0 Å². The van der Waals surface area contributed by atoms with E-state index >= 15 is 0 Å². The molecule has 0 saturated carbocycles. The molecule has 170 valence electrons. The van der Waals surface area contributed by atoms with E-state index in [-0.39, 0.29) is 23.8 Å². The van der Waals surface area contributed by atoms with Crippen LogP contribution >= 0.6 is 0 Å². The van der Waals surface area contributed by atoms with Crippen molar-refractivity contribution in [3.63, 3.8) is 0 Å². The third kappa shape index (κ3) is 6.47. The van der Waals surface area contributed by atoms with Crippen LogP contribution in [0.15, 0.2) is 48.5 Å². The van der Waals surface area contributed by atoms with Crippen LogP contribution in [0, 0.1) is 10.1 Å². The molecular formula is C25H31N3O4. The summed E-state index contributed by atoms with van der Waals surface area (Å²) < 4.78 is 0. The molecule has 0 radical (unpaired) electrons. The quantitative estimate of drug-likeness (QED) is 0.329. The standard InChI is InChI=1S/C25H31N3O4/c1-19(2)21-8-6-20(7-9-21)18-26-14-16-27(17-15-26)25(30)5-3-4-24(29)22-10-12-23(13-11-22)28(31)32/h6-13,19H,3-5,14-18H2,1-2H3. The summed E-state index contributed by atoms with van der Waals surface area (Å²) in [6, 6.07) is 14.4. The van der Waals surface area contributed by atoms with E-state index in [4.69, 9.17) is 0 Å². The van der Waals surface area contributed by atoms with Gasteiger partial charge in [0.2, 0.25) is 5.91 Å². The van der Waals surface area contributed by atoms with Crippen LogP contribution in [0.4, 0.5) is 5.69 Å². The fraction of sp³-hybridized carbons (Fsp3) is 0.440. The largest absolute Gasteiger partial charge is 0.340 e. The Hall–Kier alpha value is -3.06. The van der Waals surface area contributed by atoms with Gasteiger partial charge in [0.1, 0.15) is 0 Å². The zero-order chi connectivity index (χ0) is 23.1. The summed E-state index contributed by atoms with van der Waals surface area (Å²) in [6.07, 6.45) is 1.09. The zero-order valence-electron chi connectivity index (χ0n) is 18.8. The van der Waals surface area contributed by atoms with E-state index in [0.29, 0.717) is 37.4 Å². The molecule has 0 aliphatic carbocycles. The average Bonchev–Trinajstić information content (AvgIpc) is 2.79. The van der Waals surface area contributed by atoms with E-state index < -0.39 is 4.92 Å². The predicted octanol–water partition coefficient (Wildman–Crippen LogP) is 4.42. The Morgan fingerprint density at radius 2 is 1.56 bits per heavy atom. The molecule has 1 aliphatic rings. The molecule has 0 aromatic heterocycles. The van der Waals surface area contributed by atoms with Gasteiger partial charge in [0.05, 0.1) is 4.92 Å². The van der Waals surface area contributed by atoms with Gasteiger partial charge in [-0.3, -0.25) is 24.6 Å². The number of benzene rings is 2. The van der Waals surface area contributed by atoms with Gasteiger partial charge in [-0.05, 0) is 35.6 Å². The SMILES string of the molecule is CC(C)c1ccc(CN2CCN(C(=O)CCCC(=O)c3ccc([N+](=O)[O-])cc3)CC2)cc1. The summed E-state index contributed by atoms with van der Waals surface area (Å²) in [5.41, 5.74) is 3.04. The summed E-state index contributed by atoms with van der Waals surface area (Å²) in [7, 11) is 0. The highest BCUT2D eigenvalue weighted by atomic mass is 16.6. The zero-order valence-corrected chi connectivity index (χ0v) is 18.8. The van der Waals surface area contributed by atoms with Crippen molar-refractivity contribution in [1.29, 1.82) is 0 Å². The molecule has 32 heavy (non-hydrogen) atoms. The van der Waals surface area contributed by atoms with Gasteiger partial charge in [-0.1, -0.05) is 38.1 Å². The highest BCUT2D eigenvalue weighted by Crippen LogP contribution is 2.17. The number of rotatable bonds is 9. The molecule has 0 spiro atoms. The first-order valence-corrected chi connectivity index (χ1v) is 11.2. The van der Waals surface area contributed by atoms with Crippen molar-refractivity contribution in [2.24, 2.45) is 0 Å². The van der Waals surface area contributed by atoms with Crippen molar-refractivity contribution in [3.05, 3.63) is 75.3 Å². The number of nitro groups is 1. The van der Waals surface area contributed by atoms with Gasteiger partial charge in [0, 0.05) is 63.3 Å². The normalized spacial score (nSPS) is 14.5. The maximum atomic E-state index is 12.5. The molecule has 3 rings (SSSR count).